The summed E-state index contributed by atoms with van der Waals surface area (Å²) in [4.78, 5) is 2.65. The number of piperazine rings is 1. The Hall–Kier alpha value is -0.280. The summed E-state index contributed by atoms with van der Waals surface area (Å²) in [5, 5.41) is 3.45. The third-order valence-corrected chi connectivity index (χ3v) is 4.16. The van der Waals surface area contributed by atoms with Gasteiger partial charge in [-0.2, -0.15) is 0 Å². The van der Waals surface area contributed by atoms with Gasteiger partial charge in [0.2, 0.25) is 0 Å². The van der Waals surface area contributed by atoms with Gasteiger partial charge in [0, 0.05) is 32.2 Å². The predicted octanol–water partition coefficient (Wildman–Crippen LogP) is 3.89. The van der Waals surface area contributed by atoms with E-state index in [0.717, 1.165) is 13.1 Å². The maximum absolute atomic E-state index is 3.45. The van der Waals surface area contributed by atoms with E-state index < -0.39 is 0 Å². The zero-order chi connectivity index (χ0) is 13.0. The topological polar surface area (TPSA) is 15.3 Å². The van der Waals surface area contributed by atoms with Crippen LogP contribution in [0.3, 0.4) is 0 Å². The predicted molar refractivity (Wildman–Crippen MR) is 92.5 cm³/mol. The highest BCUT2D eigenvalue weighted by Crippen LogP contribution is 2.29. The monoisotopic (exact) mass is 318 g/mol. The lowest BCUT2D eigenvalue weighted by Gasteiger charge is -2.36. The van der Waals surface area contributed by atoms with Crippen LogP contribution in [0.25, 0.3) is 0 Å². The van der Waals surface area contributed by atoms with Crippen LogP contribution in [-0.2, 0) is 0 Å². The standard InChI is InChI=1S/C16H26N2.2ClH/c1-4-6-16(18-11-9-17-10-12-18)15-8-5-7-13(2)14(15)3;;/h5,7-8,16-17H,4,6,9-12H2,1-3H3;2*1H/t16-;;/m1../s1. The van der Waals surface area contributed by atoms with Crippen molar-refractivity contribution in [2.45, 2.75) is 39.7 Å². The zero-order valence-corrected chi connectivity index (χ0v) is 14.4. The quantitative estimate of drug-likeness (QED) is 0.906. The summed E-state index contributed by atoms with van der Waals surface area (Å²) in [7, 11) is 0. The first-order chi connectivity index (χ1) is 8.74. The van der Waals surface area contributed by atoms with Gasteiger partial charge in [0.1, 0.15) is 0 Å². The molecule has 1 saturated heterocycles. The van der Waals surface area contributed by atoms with Crippen molar-refractivity contribution in [2.75, 3.05) is 26.2 Å². The summed E-state index contributed by atoms with van der Waals surface area (Å²) >= 11 is 0. The van der Waals surface area contributed by atoms with Crippen molar-refractivity contribution in [2.24, 2.45) is 0 Å². The average Bonchev–Trinajstić information content (AvgIpc) is 2.41. The largest absolute Gasteiger partial charge is 0.314 e. The van der Waals surface area contributed by atoms with E-state index in [4.69, 9.17) is 0 Å². The summed E-state index contributed by atoms with van der Waals surface area (Å²) in [5.41, 5.74) is 4.44. The number of rotatable bonds is 4. The first kappa shape index (κ1) is 19.7. The molecule has 0 unspecified atom stereocenters. The van der Waals surface area contributed by atoms with Gasteiger partial charge in [-0.1, -0.05) is 31.5 Å². The van der Waals surface area contributed by atoms with Crippen LogP contribution < -0.4 is 5.32 Å². The lowest BCUT2D eigenvalue weighted by atomic mass is 9.93. The number of nitrogens with one attached hydrogen (secondary N) is 1. The molecule has 0 bridgehead atoms. The molecular weight excluding hydrogens is 291 g/mol. The molecular formula is C16H28Cl2N2. The number of hydrogen-bond donors (Lipinski definition) is 1. The first-order valence-electron chi connectivity index (χ1n) is 7.25. The minimum Gasteiger partial charge on any atom is -0.314 e. The molecule has 1 aliphatic rings. The Kier molecular flexibility index (Phi) is 9.48. The third-order valence-electron chi connectivity index (χ3n) is 4.16. The zero-order valence-electron chi connectivity index (χ0n) is 12.8. The van der Waals surface area contributed by atoms with Crippen molar-refractivity contribution in [3.8, 4) is 0 Å². The summed E-state index contributed by atoms with van der Waals surface area (Å²) in [6.07, 6.45) is 2.52. The van der Waals surface area contributed by atoms with Crippen molar-refractivity contribution in [1.29, 1.82) is 0 Å². The molecule has 1 heterocycles. The van der Waals surface area contributed by atoms with Gasteiger partial charge in [0.15, 0.2) is 0 Å². The molecule has 2 nitrogen and oxygen atoms in total. The van der Waals surface area contributed by atoms with Crippen LogP contribution in [0.2, 0.25) is 0 Å². The van der Waals surface area contributed by atoms with E-state index in [1.54, 1.807) is 5.56 Å². The lowest BCUT2D eigenvalue weighted by Crippen LogP contribution is -2.45. The fourth-order valence-electron chi connectivity index (χ4n) is 2.94. The molecule has 1 atom stereocenters. The Bertz CT molecular complexity index is 390. The molecule has 116 valence electrons. The SMILES string of the molecule is CCC[C@H](c1cccc(C)c1C)N1CCNCC1.Cl.Cl. The van der Waals surface area contributed by atoms with Crippen molar-refractivity contribution in [1.82, 2.24) is 10.2 Å². The maximum Gasteiger partial charge on any atom is 0.0351 e. The maximum atomic E-state index is 3.45. The molecule has 0 spiro atoms. The minimum absolute atomic E-state index is 0. The summed E-state index contributed by atoms with van der Waals surface area (Å²) < 4.78 is 0. The van der Waals surface area contributed by atoms with Gasteiger partial charge < -0.3 is 5.32 Å². The van der Waals surface area contributed by atoms with Gasteiger partial charge >= 0.3 is 0 Å². The van der Waals surface area contributed by atoms with E-state index in [-0.39, 0.29) is 24.8 Å². The second kappa shape index (κ2) is 9.62. The Morgan fingerprint density at radius 2 is 1.80 bits per heavy atom. The van der Waals surface area contributed by atoms with Crippen molar-refractivity contribution >= 4 is 24.8 Å². The Morgan fingerprint density at radius 1 is 1.15 bits per heavy atom. The molecule has 1 fully saturated rings. The van der Waals surface area contributed by atoms with E-state index in [2.05, 4.69) is 49.2 Å². The lowest BCUT2D eigenvalue weighted by molar-refractivity contribution is 0.164. The third kappa shape index (κ3) is 4.63. The summed E-state index contributed by atoms with van der Waals surface area (Å²) in [5.74, 6) is 0. The number of halogens is 2. The number of nitrogens with zero attached hydrogens (tertiary/aromatic N) is 1. The van der Waals surface area contributed by atoms with Gasteiger partial charge in [-0.25, -0.2) is 0 Å². The fraction of sp³-hybridized carbons (Fsp3) is 0.625. The molecule has 0 amide bonds. The van der Waals surface area contributed by atoms with Gasteiger partial charge in [0.05, 0.1) is 0 Å². The number of hydrogen-bond acceptors (Lipinski definition) is 2. The number of benzene rings is 1. The van der Waals surface area contributed by atoms with Crippen LogP contribution in [-0.4, -0.2) is 31.1 Å². The Balaban J connectivity index is 0.00000180. The normalized spacial score (nSPS) is 16.9. The fourth-order valence-corrected chi connectivity index (χ4v) is 2.94. The van der Waals surface area contributed by atoms with Crippen molar-refractivity contribution in [3.63, 3.8) is 0 Å². The highest BCUT2D eigenvalue weighted by Gasteiger charge is 2.22. The van der Waals surface area contributed by atoms with E-state index in [0.29, 0.717) is 6.04 Å². The average molecular weight is 319 g/mol. The molecule has 2 rings (SSSR count). The highest BCUT2D eigenvalue weighted by molar-refractivity contribution is 5.85. The molecule has 0 saturated carbocycles. The van der Waals surface area contributed by atoms with Crippen molar-refractivity contribution < 1.29 is 0 Å². The summed E-state index contributed by atoms with van der Waals surface area (Å²) in [6, 6.07) is 7.37. The molecule has 1 aromatic rings. The Morgan fingerprint density at radius 3 is 2.40 bits per heavy atom. The second-order valence-corrected chi connectivity index (χ2v) is 5.38. The molecule has 1 aromatic carbocycles. The molecule has 0 radical (unpaired) electrons. The second-order valence-electron chi connectivity index (χ2n) is 5.38. The molecule has 20 heavy (non-hydrogen) atoms. The smallest absolute Gasteiger partial charge is 0.0351 e. The summed E-state index contributed by atoms with van der Waals surface area (Å²) in [6.45, 7) is 11.4. The van der Waals surface area contributed by atoms with Crippen molar-refractivity contribution in [3.05, 3.63) is 34.9 Å². The van der Waals surface area contributed by atoms with Crippen LogP contribution in [0.5, 0.6) is 0 Å². The molecule has 0 aromatic heterocycles. The van der Waals surface area contributed by atoms with Gasteiger partial charge in [-0.3, -0.25) is 4.90 Å². The first-order valence-corrected chi connectivity index (χ1v) is 7.25. The van der Waals surface area contributed by atoms with Crippen LogP contribution in [0, 0.1) is 13.8 Å². The van der Waals surface area contributed by atoms with E-state index >= 15 is 0 Å². The van der Waals surface area contributed by atoms with Crippen LogP contribution in [0.15, 0.2) is 18.2 Å². The van der Waals surface area contributed by atoms with Gasteiger partial charge in [-0.15, -0.1) is 24.8 Å². The van der Waals surface area contributed by atoms with Gasteiger partial charge in [-0.05, 0) is 37.0 Å². The highest BCUT2D eigenvalue weighted by atomic mass is 35.5. The molecule has 4 heteroatoms. The van der Waals surface area contributed by atoms with E-state index in [9.17, 15) is 0 Å². The molecule has 1 aliphatic heterocycles. The Labute approximate surface area is 136 Å². The van der Waals surface area contributed by atoms with E-state index in [1.165, 1.54) is 37.1 Å². The van der Waals surface area contributed by atoms with Gasteiger partial charge in [0.25, 0.3) is 0 Å². The van der Waals surface area contributed by atoms with Crippen LogP contribution in [0.4, 0.5) is 0 Å². The minimum atomic E-state index is 0. The molecule has 1 N–H and O–H groups in total. The number of aryl methyl sites for hydroxylation is 1. The van der Waals surface area contributed by atoms with Crippen LogP contribution >= 0.6 is 24.8 Å². The van der Waals surface area contributed by atoms with Crippen LogP contribution in [0.1, 0.15) is 42.5 Å². The van der Waals surface area contributed by atoms with E-state index in [1.807, 2.05) is 0 Å². The molecule has 0 aliphatic carbocycles.